The number of esters is 1. The molecule has 0 amide bonds. The van der Waals surface area contributed by atoms with Crippen LogP contribution in [0.1, 0.15) is 20.7 Å². The van der Waals surface area contributed by atoms with Gasteiger partial charge in [-0.05, 0) is 29.0 Å². The van der Waals surface area contributed by atoms with Crippen molar-refractivity contribution in [3.8, 4) is 5.75 Å². The first kappa shape index (κ1) is 14.5. The van der Waals surface area contributed by atoms with E-state index in [9.17, 15) is 14.4 Å². The lowest BCUT2D eigenvalue weighted by molar-refractivity contribution is -0.142. The molecule has 6 nitrogen and oxygen atoms in total. The number of hydrogen-bond donors (Lipinski definition) is 1. The molecule has 0 heterocycles. The van der Waals surface area contributed by atoms with Gasteiger partial charge in [-0.3, -0.25) is 4.79 Å². The van der Waals surface area contributed by atoms with E-state index in [-0.39, 0.29) is 23.5 Å². The molecule has 0 aliphatic rings. The molecule has 0 bridgehead atoms. The van der Waals surface area contributed by atoms with Crippen LogP contribution in [0.25, 0.3) is 10.8 Å². The Morgan fingerprint density at radius 3 is 2.62 bits per heavy atom. The number of carboxylic acid groups (broad SMARTS) is 1. The highest BCUT2D eigenvalue weighted by Crippen LogP contribution is 2.27. The number of ether oxygens (including phenoxy) is 2. The van der Waals surface area contributed by atoms with Gasteiger partial charge in [0.15, 0.2) is 12.9 Å². The molecule has 0 aromatic heterocycles. The average Bonchev–Trinajstić information content (AvgIpc) is 2.51. The summed E-state index contributed by atoms with van der Waals surface area (Å²) in [5.74, 6) is -1.37. The van der Waals surface area contributed by atoms with E-state index in [2.05, 4.69) is 4.74 Å². The van der Waals surface area contributed by atoms with Crippen LogP contribution in [0.3, 0.4) is 0 Å². The van der Waals surface area contributed by atoms with E-state index >= 15 is 0 Å². The number of rotatable bonds is 5. The summed E-state index contributed by atoms with van der Waals surface area (Å²) in [5, 5.41) is 10.1. The molecule has 0 atom stereocenters. The second kappa shape index (κ2) is 6.04. The molecule has 6 heteroatoms. The van der Waals surface area contributed by atoms with Crippen LogP contribution >= 0.6 is 0 Å². The topological polar surface area (TPSA) is 89.9 Å². The van der Waals surface area contributed by atoms with E-state index in [0.29, 0.717) is 17.1 Å². The maximum Gasteiger partial charge on any atom is 0.343 e. The van der Waals surface area contributed by atoms with Crippen molar-refractivity contribution >= 4 is 29.0 Å². The zero-order valence-electron chi connectivity index (χ0n) is 11.2. The van der Waals surface area contributed by atoms with Crippen LogP contribution in [0.15, 0.2) is 30.3 Å². The molecule has 0 unspecified atom stereocenters. The Morgan fingerprint density at radius 1 is 1.24 bits per heavy atom. The van der Waals surface area contributed by atoms with Crippen molar-refractivity contribution in [3.05, 3.63) is 41.5 Å². The monoisotopic (exact) mass is 288 g/mol. The van der Waals surface area contributed by atoms with Crippen molar-refractivity contribution in [2.45, 2.75) is 0 Å². The predicted molar refractivity (Wildman–Crippen MR) is 73.8 cm³/mol. The van der Waals surface area contributed by atoms with Gasteiger partial charge in [0.2, 0.25) is 0 Å². The molecule has 1 N–H and O–H groups in total. The Hall–Kier alpha value is -2.89. The summed E-state index contributed by atoms with van der Waals surface area (Å²) in [6.45, 7) is -0.309. The van der Waals surface area contributed by atoms with Gasteiger partial charge in [-0.1, -0.05) is 12.1 Å². The number of carboxylic acids is 1. The van der Waals surface area contributed by atoms with Gasteiger partial charge in [0.05, 0.1) is 18.2 Å². The van der Waals surface area contributed by atoms with Crippen molar-refractivity contribution in [2.24, 2.45) is 0 Å². The molecule has 21 heavy (non-hydrogen) atoms. The second-order valence-electron chi connectivity index (χ2n) is 4.20. The quantitative estimate of drug-likeness (QED) is 0.667. The van der Waals surface area contributed by atoms with E-state index in [4.69, 9.17) is 9.84 Å². The molecule has 0 fully saturated rings. The maximum absolute atomic E-state index is 11.3. The van der Waals surface area contributed by atoms with Crippen LogP contribution in [0.2, 0.25) is 0 Å². The first-order chi connectivity index (χ1) is 10.1. The Bertz CT molecular complexity index is 719. The molecule has 0 radical (unpaired) electrons. The molecule has 0 saturated heterocycles. The van der Waals surface area contributed by atoms with Gasteiger partial charge < -0.3 is 14.6 Å². The van der Waals surface area contributed by atoms with Crippen molar-refractivity contribution in [3.63, 3.8) is 0 Å². The lowest BCUT2D eigenvalue weighted by atomic mass is 10.0. The van der Waals surface area contributed by atoms with Crippen LogP contribution in [-0.2, 0) is 9.53 Å². The van der Waals surface area contributed by atoms with E-state index in [1.807, 2.05) is 0 Å². The molecule has 0 saturated carbocycles. The summed E-state index contributed by atoms with van der Waals surface area (Å²) >= 11 is 0. The van der Waals surface area contributed by atoms with Crippen LogP contribution in [0.5, 0.6) is 5.75 Å². The molecule has 2 aromatic carbocycles. The highest BCUT2D eigenvalue weighted by atomic mass is 16.6. The summed E-state index contributed by atoms with van der Waals surface area (Å²) in [6, 6.07) is 7.55. The summed E-state index contributed by atoms with van der Waals surface area (Å²) in [4.78, 5) is 33.3. The zero-order valence-corrected chi connectivity index (χ0v) is 11.2. The fourth-order valence-electron chi connectivity index (χ4n) is 1.91. The fourth-order valence-corrected chi connectivity index (χ4v) is 1.91. The molecule has 2 rings (SSSR count). The number of aldehydes is 1. The summed E-state index contributed by atoms with van der Waals surface area (Å²) in [6.07, 6.45) is 0.607. The van der Waals surface area contributed by atoms with Gasteiger partial charge in [-0.15, -0.1) is 0 Å². The summed E-state index contributed by atoms with van der Waals surface area (Å²) in [5.41, 5.74) is 0.385. The number of hydrogen-bond acceptors (Lipinski definition) is 5. The van der Waals surface area contributed by atoms with E-state index in [1.165, 1.54) is 31.4 Å². The molecule has 0 spiro atoms. The minimum Gasteiger partial charge on any atom is -0.481 e. The molecular formula is C15H12O6. The van der Waals surface area contributed by atoms with Crippen LogP contribution in [0.4, 0.5) is 0 Å². The standard InChI is InChI=1S/C15H12O6/c1-20-14(17)8-21-13-5-3-9-6-10(15(18)19)2-4-11(9)12(13)7-16/h2-7H,8H2,1H3,(H,18,19). The highest BCUT2D eigenvalue weighted by Gasteiger charge is 2.12. The van der Waals surface area contributed by atoms with Crippen molar-refractivity contribution in [1.82, 2.24) is 0 Å². The maximum atomic E-state index is 11.3. The molecular weight excluding hydrogens is 276 g/mol. The molecule has 0 aliphatic heterocycles. The second-order valence-corrected chi connectivity index (χ2v) is 4.20. The minimum absolute atomic E-state index is 0.127. The third-order valence-corrected chi connectivity index (χ3v) is 2.96. The SMILES string of the molecule is COC(=O)COc1ccc2cc(C(=O)O)ccc2c1C=O. The Balaban J connectivity index is 2.45. The normalized spacial score (nSPS) is 10.1. The molecule has 0 aliphatic carbocycles. The van der Waals surface area contributed by atoms with Crippen LogP contribution in [-0.4, -0.2) is 37.0 Å². The highest BCUT2D eigenvalue weighted by molar-refractivity contribution is 6.03. The largest absolute Gasteiger partial charge is 0.481 e. The minimum atomic E-state index is -1.05. The Morgan fingerprint density at radius 2 is 2.00 bits per heavy atom. The Kier molecular flexibility index (Phi) is 4.18. The third kappa shape index (κ3) is 3.00. The lowest BCUT2D eigenvalue weighted by Gasteiger charge is -2.10. The van der Waals surface area contributed by atoms with Crippen LogP contribution < -0.4 is 4.74 Å². The van der Waals surface area contributed by atoms with Gasteiger partial charge >= 0.3 is 11.9 Å². The van der Waals surface area contributed by atoms with Gasteiger partial charge in [0.1, 0.15) is 5.75 Å². The average molecular weight is 288 g/mol. The van der Waals surface area contributed by atoms with E-state index in [0.717, 1.165) is 0 Å². The van der Waals surface area contributed by atoms with Gasteiger partial charge in [0, 0.05) is 0 Å². The van der Waals surface area contributed by atoms with Crippen molar-refractivity contribution < 1.29 is 29.0 Å². The van der Waals surface area contributed by atoms with Crippen molar-refractivity contribution in [2.75, 3.05) is 13.7 Å². The number of carbonyl (C=O) groups excluding carboxylic acids is 2. The van der Waals surface area contributed by atoms with Gasteiger partial charge in [-0.25, -0.2) is 9.59 Å². The van der Waals surface area contributed by atoms with Gasteiger partial charge in [-0.2, -0.15) is 0 Å². The van der Waals surface area contributed by atoms with E-state index in [1.54, 1.807) is 6.07 Å². The lowest BCUT2D eigenvalue weighted by Crippen LogP contribution is -2.13. The molecule has 2 aromatic rings. The number of fused-ring (bicyclic) bond motifs is 1. The van der Waals surface area contributed by atoms with Crippen molar-refractivity contribution in [1.29, 1.82) is 0 Å². The Labute approximate surface area is 119 Å². The smallest absolute Gasteiger partial charge is 0.343 e. The first-order valence-corrected chi connectivity index (χ1v) is 6.01. The fraction of sp³-hybridized carbons (Fsp3) is 0.133. The number of carbonyl (C=O) groups is 3. The van der Waals surface area contributed by atoms with Gasteiger partial charge in [0.25, 0.3) is 0 Å². The first-order valence-electron chi connectivity index (χ1n) is 6.01. The summed E-state index contributed by atoms with van der Waals surface area (Å²) in [7, 11) is 1.24. The number of methoxy groups -OCH3 is 1. The third-order valence-electron chi connectivity index (χ3n) is 2.96. The zero-order chi connectivity index (χ0) is 15.4. The van der Waals surface area contributed by atoms with E-state index < -0.39 is 11.9 Å². The summed E-state index contributed by atoms with van der Waals surface area (Å²) < 4.78 is 9.70. The molecule has 108 valence electrons. The number of benzene rings is 2. The predicted octanol–water partition coefficient (Wildman–Crippen LogP) is 1.90. The van der Waals surface area contributed by atoms with Crippen LogP contribution in [0, 0.1) is 0 Å². The number of aromatic carboxylic acids is 1.